The second-order valence-corrected chi connectivity index (χ2v) is 6.30. The molecule has 1 unspecified atom stereocenters. The molecule has 118 valence electrons. The predicted octanol–water partition coefficient (Wildman–Crippen LogP) is 1.79. The van der Waals surface area contributed by atoms with Crippen LogP contribution in [-0.2, 0) is 21.4 Å². The fourth-order valence-electron chi connectivity index (χ4n) is 2.59. The number of furan rings is 1. The van der Waals surface area contributed by atoms with Crippen LogP contribution in [0.2, 0.25) is 0 Å². The molecule has 21 heavy (non-hydrogen) atoms. The number of alkyl carbamates (subject to hydrolysis) is 1. The van der Waals surface area contributed by atoms with E-state index in [1.54, 1.807) is 13.4 Å². The summed E-state index contributed by atoms with van der Waals surface area (Å²) in [6.45, 7) is 7.11. The SMILES string of the molecule is COCC1(CNC(=O)OC(C)(C)C)NCCc2occc21. The zero-order chi connectivity index (χ0) is 15.5. The van der Waals surface area contributed by atoms with E-state index in [1.807, 2.05) is 26.8 Å². The predicted molar refractivity (Wildman–Crippen MR) is 78.2 cm³/mol. The van der Waals surface area contributed by atoms with E-state index in [1.165, 1.54) is 0 Å². The Morgan fingerprint density at radius 2 is 2.29 bits per heavy atom. The molecule has 1 aromatic rings. The Kier molecular flexibility index (Phi) is 4.58. The van der Waals surface area contributed by atoms with Crippen molar-refractivity contribution in [1.29, 1.82) is 0 Å². The van der Waals surface area contributed by atoms with Gasteiger partial charge in [0.1, 0.15) is 11.4 Å². The molecular weight excluding hydrogens is 272 g/mol. The Morgan fingerprint density at radius 3 is 2.95 bits per heavy atom. The highest BCUT2D eigenvalue weighted by molar-refractivity contribution is 5.67. The van der Waals surface area contributed by atoms with Crippen molar-refractivity contribution < 1.29 is 18.7 Å². The van der Waals surface area contributed by atoms with Crippen LogP contribution >= 0.6 is 0 Å². The van der Waals surface area contributed by atoms with E-state index in [0.717, 1.165) is 24.3 Å². The summed E-state index contributed by atoms with van der Waals surface area (Å²) in [7, 11) is 1.64. The van der Waals surface area contributed by atoms with Gasteiger partial charge in [-0.1, -0.05) is 0 Å². The van der Waals surface area contributed by atoms with Crippen molar-refractivity contribution in [3.05, 3.63) is 23.7 Å². The number of nitrogens with one attached hydrogen (secondary N) is 2. The van der Waals surface area contributed by atoms with Gasteiger partial charge < -0.3 is 24.5 Å². The van der Waals surface area contributed by atoms with Crippen LogP contribution < -0.4 is 10.6 Å². The molecule has 0 radical (unpaired) electrons. The molecule has 1 amide bonds. The first kappa shape index (κ1) is 15.9. The van der Waals surface area contributed by atoms with Gasteiger partial charge in [0.15, 0.2) is 0 Å². The van der Waals surface area contributed by atoms with Crippen molar-refractivity contribution in [2.24, 2.45) is 0 Å². The molecule has 0 aliphatic carbocycles. The van der Waals surface area contributed by atoms with Crippen LogP contribution in [0.1, 0.15) is 32.1 Å². The van der Waals surface area contributed by atoms with E-state index < -0.39 is 17.2 Å². The second-order valence-electron chi connectivity index (χ2n) is 6.30. The van der Waals surface area contributed by atoms with Crippen LogP contribution in [0.3, 0.4) is 0 Å². The van der Waals surface area contributed by atoms with Crippen LogP contribution in [0.15, 0.2) is 16.7 Å². The van der Waals surface area contributed by atoms with Gasteiger partial charge in [0.05, 0.1) is 18.4 Å². The van der Waals surface area contributed by atoms with Crippen molar-refractivity contribution >= 4 is 6.09 Å². The third-order valence-electron chi connectivity index (χ3n) is 3.40. The molecule has 6 heteroatoms. The monoisotopic (exact) mass is 296 g/mol. The van der Waals surface area contributed by atoms with E-state index in [0.29, 0.717) is 13.2 Å². The van der Waals surface area contributed by atoms with Crippen molar-refractivity contribution in [2.45, 2.75) is 38.3 Å². The van der Waals surface area contributed by atoms with Gasteiger partial charge in [-0.05, 0) is 26.8 Å². The van der Waals surface area contributed by atoms with Gasteiger partial charge in [-0.25, -0.2) is 4.79 Å². The fourth-order valence-corrected chi connectivity index (χ4v) is 2.59. The number of fused-ring (bicyclic) bond motifs is 1. The van der Waals surface area contributed by atoms with Crippen LogP contribution in [0.4, 0.5) is 4.79 Å². The molecule has 0 fully saturated rings. The van der Waals surface area contributed by atoms with Gasteiger partial charge in [-0.2, -0.15) is 0 Å². The Morgan fingerprint density at radius 1 is 1.52 bits per heavy atom. The smallest absolute Gasteiger partial charge is 0.407 e. The van der Waals surface area contributed by atoms with Gasteiger partial charge in [0.2, 0.25) is 0 Å². The molecular formula is C15H24N2O4. The zero-order valence-electron chi connectivity index (χ0n) is 13.1. The molecule has 0 aromatic carbocycles. The molecule has 1 aromatic heterocycles. The highest BCUT2D eigenvalue weighted by atomic mass is 16.6. The number of amides is 1. The first-order valence-corrected chi connectivity index (χ1v) is 7.14. The van der Waals surface area contributed by atoms with E-state index in [4.69, 9.17) is 13.9 Å². The number of hydrogen-bond acceptors (Lipinski definition) is 5. The third-order valence-corrected chi connectivity index (χ3v) is 3.40. The maximum Gasteiger partial charge on any atom is 0.407 e. The van der Waals surface area contributed by atoms with Gasteiger partial charge in [-0.15, -0.1) is 0 Å². The summed E-state index contributed by atoms with van der Waals surface area (Å²) in [5, 5.41) is 6.26. The summed E-state index contributed by atoms with van der Waals surface area (Å²) in [6.07, 6.45) is 2.07. The van der Waals surface area contributed by atoms with Gasteiger partial charge in [0, 0.05) is 32.2 Å². The summed E-state index contributed by atoms with van der Waals surface area (Å²) in [4.78, 5) is 11.9. The summed E-state index contributed by atoms with van der Waals surface area (Å²) in [5.74, 6) is 0.941. The number of methoxy groups -OCH3 is 1. The van der Waals surface area contributed by atoms with Crippen LogP contribution in [0.25, 0.3) is 0 Å². The van der Waals surface area contributed by atoms with E-state index >= 15 is 0 Å². The fraction of sp³-hybridized carbons (Fsp3) is 0.667. The molecule has 0 saturated heterocycles. The van der Waals surface area contributed by atoms with E-state index in [9.17, 15) is 4.79 Å². The quantitative estimate of drug-likeness (QED) is 0.886. The lowest BCUT2D eigenvalue weighted by Gasteiger charge is -2.37. The van der Waals surface area contributed by atoms with Crippen LogP contribution in [0, 0.1) is 0 Å². The lowest BCUT2D eigenvalue weighted by molar-refractivity contribution is 0.0466. The van der Waals surface area contributed by atoms with Crippen molar-refractivity contribution in [3.63, 3.8) is 0 Å². The lowest BCUT2D eigenvalue weighted by atomic mass is 9.87. The van der Waals surface area contributed by atoms with Crippen molar-refractivity contribution in [3.8, 4) is 0 Å². The first-order chi connectivity index (χ1) is 9.86. The topological polar surface area (TPSA) is 72.7 Å². The van der Waals surface area contributed by atoms with E-state index in [-0.39, 0.29) is 0 Å². The molecule has 0 bridgehead atoms. The number of hydrogen-bond donors (Lipinski definition) is 2. The minimum Gasteiger partial charge on any atom is -0.469 e. The molecule has 2 rings (SSSR count). The highest BCUT2D eigenvalue weighted by Crippen LogP contribution is 2.29. The number of carbonyl (C=O) groups excluding carboxylic acids is 1. The molecule has 1 aliphatic heterocycles. The number of carbonyl (C=O) groups is 1. The van der Waals surface area contributed by atoms with Crippen molar-refractivity contribution in [2.75, 3.05) is 26.8 Å². The van der Waals surface area contributed by atoms with Crippen LogP contribution in [-0.4, -0.2) is 38.5 Å². The zero-order valence-corrected chi connectivity index (χ0v) is 13.1. The van der Waals surface area contributed by atoms with E-state index in [2.05, 4.69) is 10.6 Å². The summed E-state index contributed by atoms with van der Waals surface area (Å²) >= 11 is 0. The maximum absolute atomic E-state index is 11.9. The number of rotatable bonds is 4. The Labute approximate surface area is 125 Å². The molecule has 2 N–H and O–H groups in total. The average Bonchev–Trinajstić information content (AvgIpc) is 2.85. The van der Waals surface area contributed by atoms with Gasteiger partial charge >= 0.3 is 6.09 Å². The third kappa shape index (κ3) is 3.77. The van der Waals surface area contributed by atoms with Crippen molar-refractivity contribution in [1.82, 2.24) is 10.6 Å². The molecule has 0 saturated carbocycles. The van der Waals surface area contributed by atoms with Gasteiger partial charge in [-0.3, -0.25) is 0 Å². The summed E-state index contributed by atoms with van der Waals surface area (Å²) in [6, 6.07) is 1.93. The molecule has 2 heterocycles. The second kappa shape index (κ2) is 6.07. The molecule has 1 atom stereocenters. The Hall–Kier alpha value is -1.53. The Bertz CT molecular complexity index is 492. The minimum atomic E-state index is -0.515. The minimum absolute atomic E-state index is 0.377. The maximum atomic E-state index is 11.9. The van der Waals surface area contributed by atoms with Gasteiger partial charge in [0.25, 0.3) is 0 Å². The lowest BCUT2D eigenvalue weighted by Crippen LogP contribution is -2.57. The average molecular weight is 296 g/mol. The molecule has 6 nitrogen and oxygen atoms in total. The number of ether oxygens (including phenoxy) is 2. The highest BCUT2D eigenvalue weighted by Gasteiger charge is 2.39. The standard InChI is InChI=1S/C15H24N2O4/c1-14(2,3)21-13(18)16-9-15(10-19-4)11-6-8-20-12(11)5-7-17-15/h6,8,17H,5,7,9-10H2,1-4H3,(H,16,18). The largest absolute Gasteiger partial charge is 0.469 e. The molecule has 0 spiro atoms. The summed E-state index contributed by atoms with van der Waals surface area (Å²) < 4.78 is 16.1. The first-order valence-electron chi connectivity index (χ1n) is 7.14. The molecule has 1 aliphatic rings. The van der Waals surface area contributed by atoms with Crippen LogP contribution in [0.5, 0.6) is 0 Å². The summed E-state index contributed by atoms with van der Waals surface area (Å²) in [5.41, 5.74) is 0.0394. The normalized spacial score (nSPS) is 21.7. The Balaban J connectivity index is 2.09.